The Bertz CT molecular complexity index is 856. The Morgan fingerprint density at radius 1 is 1.10 bits per heavy atom. The molecule has 0 radical (unpaired) electrons. The Morgan fingerprint density at radius 2 is 1.90 bits per heavy atom. The molecule has 4 rings (SSSR count). The smallest absolute Gasteiger partial charge is 0.317 e. The van der Waals surface area contributed by atoms with Crippen molar-refractivity contribution >= 4 is 17.7 Å². The van der Waals surface area contributed by atoms with Gasteiger partial charge in [-0.2, -0.15) is 5.10 Å². The van der Waals surface area contributed by atoms with Gasteiger partial charge in [-0.25, -0.2) is 9.78 Å². The number of pyridine rings is 1. The summed E-state index contributed by atoms with van der Waals surface area (Å²) in [6.07, 6.45) is 3.94. The van der Waals surface area contributed by atoms with Crippen molar-refractivity contribution in [3.8, 4) is 0 Å². The average molecular weight is 398 g/mol. The first-order valence-electron chi connectivity index (χ1n) is 10.5. The van der Waals surface area contributed by atoms with Crippen LogP contribution in [-0.2, 0) is 7.05 Å². The number of hydrogen-bond donors (Lipinski definition) is 1. The molecule has 29 heavy (non-hydrogen) atoms. The molecular weight excluding hydrogens is 366 g/mol. The van der Waals surface area contributed by atoms with Gasteiger partial charge in [0.1, 0.15) is 11.6 Å². The lowest BCUT2D eigenvalue weighted by molar-refractivity contribution is 0.188. The van der Waals surface area contributed by atoms with E-state index in [1.807, 2.05) is 35.8 Å². The number of hydrogen-bond acceptors (Lipinski definition) is 5. The average Bonchev–Trinajstić information content (AvgIpc) is 3.06. The number of carbonyl (C=O) groups excluding carboxylic acids is 1. The summed E-state index contributed by atoms with van der Waals surface area (Å²) >= 11 is 0. The lowest BCUT2D eigenvalue weighted by Crippen LogP contribution is -2.56. The van der Waals surface area contributed by atoms with Crippen molar-refractivity contribution in [3.05, 3.63) is 35.7 Å². The van der Waals surface area contributed by atoms with Crippen LogP contribution in [-0.4, -0.2) is 71.0 Å². The molecule has 1 unspecified atom stereocenters. The SMILES string of the molecule is Cc1ccnc(N2CCN(C(=O)NC3CCCN(c4cc(C)nn4C)C3)CC2)c1. The maximum Gasteiger partial charge on any atom is 0.317 e. The Kier molecular flexibility index (Phi) is 5.60. The van der Waals surface area contributed by atoms with E-state index < -0.39 is 0 Å². The minimum absolute atomic E-state index is 0.0508. The molecule has 8 heteroatoms. The fourth-order valence-corrected chi connectivity index (χ4v) is 4.29. The summed E-state index contributed by atoms with van der Waals surface area (Å²) < 4.78 is 1.93. The van der Waals surface area contributed by atoms with Crippen LogP contribution in [0.1, 0.15) is 24.1 Å². The van der Waals surface area contributed by atoms with Crippen molar-refractivity contribution in [2.75, 3.05) is 49.1 Å². The molecule has 2 amide bonds. The highest BCUT2D eigenvalue weighted by molar-refractivity contribution is 5.75. The normalized spacial score (nSPS) is 20.1. The van der Waals surface area contributed by atoms with E-state index in [0.29, 0.717) is 0 Å². The molecule has 2 aliphatic heterocycles. The van der Waals surface area contributed by atoms with Gasteiger partial charge >= 0.3 is 6.03 Å². The number of nitrogens with zero attached hydrogens (tertiary/aromatic N) is 6. The van der Waals surface area contributed by atoms with Gasteiger partial charge in [-0.05, 0) is 44.4 Å². The molecule has 0 saturated carbocycles. The molecule has 0 spiro atoms. The Balaban J connectivity index is 1.30. The van der Waals surface area contributed by atoms with Crippen LogP contribution in [0.4, 0.5) is 16.4 Å². The van der Waals surface area contributed by atoms with Gasteiger partial charge in [0.05, 0.1) is 5.69 Å². The van der Waals surface area contributed by atoms with Gasteiger partial charge < -0.3 is 20.0 Å². The van der Waals surface area contributed by atoms with Crippen LogP contribution in [0.2, 0.25) is 0 Å². The summed E-state index contributed by atoms with van der Waals surface area (Å²) in [6.45, 7) is 9.00. The fraction of sp³-hybridized carbons (Fsp3) is 0.571. The van der Waals surface area contributed by atoms with E-state index >= 15 is 0 Å². The van der Waals surface area contributed by atoms with E-state index in [-0.39, 0.29) is 12.1 Å². The lowest BCUT2D eigenvalue weighted by Gasteiger charge is -2.38. The Labute approximate surface area is 172 Å². The number of anilines is 2. The minimum Gasteiger partial charge on any atom is -0.355 e. The molecule has 1 N–H and O–H groups in total. The molecule has 2 saturated heterocycles. The number of carbonyl (C=O) groups is 1. The van der Waals surface area contributed by atoms with Crippen molar-refractivity contribution in [1.29, 1.82) is 0 Å². The van der Waals surface area contributed by atoms with Crippen LogP contribution in [0, 0.1) is 13.8 Å². The molecule has 4 heterocycles. The number of nitrogens with one attached hydrogen (secondary N) is 1. The third kappa shape index (κ3) is 4.46. The van der Waals surface area contributed by atoms with E-state index in [1.54, 1.807) is 0 Å². The largest absolute Gasteiger partial charge is 0.355 e. The van der Waals surface area contributed by atoms with Crippen LogP contribution in [0.15, 0.2) is 24.4 Å². The molecule has 2 aromatic heterocycles. The van der Waals surface area contributed by atoms with Gasteiger partial charge in [-0.1, -0.05) is 0 Å². The number of aromatic nitrogens is 3. The molecule has 8 nitrogen and oxygen atoms in total. The van der Waals surface area contributed by atoms with Crippen molar-refractivity contribution in [2.24, 2.45) is 7.05 Å². The quantitative estimate of drug-likeness (QED) is 0.857. The van der Waals surface area contributed by atoms with E-state index in [0.717, 1.165) is 69.4 Å². The zero-order valence-corrected chi connectivity index (χ0v) is 17.6. The highest BCUT2D eigenvalue weighted by atomic mass is 16.2. The maximum atomic E-state index is 12.8. The standard InChI is InChI=1S/C21H31N7O/c1-16-6-7-22-19(13-16)26-9-11-27(12-10-26)21(29)23-18-5-4-8-28(15-18)20-14-17(2)24-25(20)3/h6-7,13-14,18H,4-5,8-12,15H2,1-3H3,(H,23,29). The van der Waals surface area contributed by atoms with Gasteiger partial charge in [0.2, 0.25) is 0 Å². The summed E-state index contributed by atoms with van der Waals surface area (Å²) in [7, 11) is 1.98. The van der Waals surface area contributed by atoms with E-state index in [4.69, 9.17) is 0 Å². The van der Waals surface area contributed by atoms with Crippen molar-refractivity contribution in [2.45, 2.75) is 32.7 Å². The predicted octanol–water partition coefficient (Wildman–Crippen LogP) is 1.93. The zero-order valence-electron chi connectivity index (χ0n) is 17.6. The van der Waals surface area contributed by atoms with Gasteiger partial charge in [0.25, 0.3) is 0 Å². The topological polar surface area (TPSA) is 69.5 Å². The molecular formula is C21H31N7O. The zero-order chi connectivity index (χ0) is 20.4. The molecule has 2 aromatic rings. The first-order chi connectivity index (χ1) is 14.0. The fourth-order valence-electron chi connectivity index (χ4n) is 4.29. The van der Waals surface area contributed by atoms with Crippen molar-refractivity contribution in [1.82, 2.24) is 25.0 Å². The summed E-state index contributed by atoms with van der Waals surface area (Å²) in [4.78, 5) is 23.8. The highest BCUT2D eigenvalue weighted by Crippen LogP contribution is 2.21. The second-order valence-electron chi connectivity index (χ2n) is 8.17. The van der Waals surface area contributed by atoms with Gasteiger partial charge in [0, 0.05) is 64.6 Å². The van der Waals surface area contributed by atoms with Crippen molar-refractivity contribution < 1.29 is 4.79 Å². The predicted molar refractivity (Wildman–Crippen MR) is 114 cm³/mol. The van der Waals surface area contributed by atoms with Gasteiger partial charge in [0.15, 0.2) is 0 Å². The van der Waals surface area contributed by atoms with Crippen LogP contribution in [0.25, 0.3) is 0 Å². The first kappa shape index (κ1) is 19.5. The third-order valence-corrected chi connectivity index (χ3v) is 5.84. The van der Waals surface area contributed by atoms with E-state index in [2.05, 4.69) is 44.3 Å². The Hall–Kier alpha value is -2.77. The third-order valence-electron chi connectivity index (χ3n) is 5.84. The second-order valence-corrected chi connectivity index (χ2v) is 8.17. The number of urea groups is 1. The lowest BCUT2D eigenvalue weighted by atomic mass is 10.1. The van der Waals surface area contributed by atoms with E-state index in [1.165, 1.54) is 5.56 Å². The van der Waals surface area contributed by atoms with Gasteiger partial charge in [-0.15, -0.1) is 0 Å². The molecule has 156 valence electrons. The molecule has 0 aliphatic carbocycles. The molecule has 1 atom stereocenters. The monoisotopic (exact) mass is 397 g/mol. The number of aryl methyl sites for hydroxylation is 3. The molecule has 2 aliphatic rings. The Morgan fingerprint density at radius 3 is 2.59 bits per heavy atom. The second kappa shape index (κ2) is 8.31. The molecule has 0 bridgehead atoms. The number of rotatable bonds is 3. The van der Waals surface area contributed by atoms with Crippen LogP contribution in [0.5, 0.6) is 0 Å². The first-order valence-corrected chi connectivity index (χ1v) is 10.5. The van der Waals surface area contributed by atoms with Crippen LogP contribution in [0.3, 0.4) is 0 Å². The highest BCUT2D eigenvalue weighted by Gasteiger charge is 2.27. The summed E-state index contributed by atoms with van der Waals surface area (Å²) in [6, 6.07) is 6.45. The maximum absolute atomic E-state index is 12.8. The minimum atomic E-state index is 0.0508. The molecule has 2 fully saturated rings. The summed E-state index contributed by atoms with van der Waals surface area (Å²) in [5.74, 6) is 2.13. The molecule has 0 aromatic carbocycles. The number of piperidine rings is 1. The summed E-state index contributed by atoms with van der Waals surface area (Å²) in [5.41, 5.74) is 2.23. The van der Waals surface area contributed by atoms with Crippen LogP contribution < -0.4 is 15.1 Å². The van der Waals surface area contributed by atoms with E-state index in [9.17, 15) is 4.79 Å². The van der Waals surface area contributed by atoms with Crippen molar-refractivity contribution in [3.63, 3.8) is 0 Å². The number of piperazine rings is 1. The van der Waals surface area contributed by atoms with Crippen LogP contribution >= 0.6 is 0 Å². The number of amides is 2. The van der Waals surface area contributed by atoms with Gasteiger partial charge in [-0.3, -0.25) is 4.68 Å². The summed E-state index contributed by atoms with van der Waals surface area (Å²) in [5, 5.41) is 7.71.